The van der Waals surface area contributed by atoms with E-state index in [4.69, 9.17) is 4.98 Å². The molecular weight excluding hydrogens is 343 g/mol. The van der Waals surface area contributed by atoms with Crippen LogP contribution >= 0.6 is 23.1 Å². The zero-order chi connectivity index (χ0) is 17.4. The van der Waals surface area contributed by atoms with Gasteiger partial charge >= 0.3 is 0 Å². The first-order chi connectivity index (χ1) is 11.4. The first-order valence-electron chi connectivity index (χ1n) is 7.85. The monoisotopic (exact) mass is 362 g/mol. The number of thioether (sulfide) groups is 1. The quantitative estimate of drug-likeness (QED) is 0.479. The number of benzene rings is 1. The number of halogens is 1. The van der Waals surface area contributed by atoms with Gasteiger partial charge in [0.1, 0.15) is 10.6 Å². The molecule has 0 N–H and O–H groups in total. The van der Waals surface area contributed by atoms with Gasteiger partial charge in [-0.2, -0.15) is 0 Å². The van der Waals surface area contributed by atoms with Gasteiger partial charge in [-0.05, 0) is 51.0 Å². The van der Waals surface area contributed by atoms with Gasteiger partial charge in [-0.25, -0.2) is 9.37 Å². The minimum Gasteiger partial charge on any atom is -0.287 e. The molecule has 0 aliphatic carbocycles. The number of nitrogens with zero attached hydrogens (tertiary/aromatic N) is 2. The van der Waals surface area contributed by atoms with E-state index < -0.39 is 0 Å². The summed E-state index contributed by atoms with van der Waals surface area (Å²) < 4.78 is 14.8. The second-order valence-electron chi connectivity index (χ2n) is 5.72. The lowest BCUT2D eigenvalue weighted by Crippen LogP contribution is -2.22. The molecule has 6 heteroatoms. The summed E-state index contributed by atoms with van der Waals surface area (Å²) in [5.41, 5.74) is 2.06. The summed E-state index contributed by atoms with van der Waals surface area (Å²) in [7, 11) is 0. The molecule has 2 aromatic heterocycles. The Bertz CT molecular complexity index is 944. The van der Waals surface area contributed by atoms with Crippen molar-refractivity contribution in [2.75, 3.05) is 0 Å². The fourth-order valence-electron chi connectivity index (χ4n) is 2.64. The van der Waals surface area contributed by atoms with Gasteiger partial charge in [0, 0.05) is 16.7 Å². The largest absolute Gasteiger partial charge is 0.287 e. The summed E-state index contributed by atoms with van der Waals surface area (Å²) in [6.45, 7) is 8.57. The zero-order valence-corrected chi connectivity index (χ0v) is 15.7. The molecule has 1 atom stereocenters. The van der Waals surface area contributed by atoms with Crippen LogP contribution in [0.4, 0.5) is 4.39 Å². The van der Waals surface area contributed by atoms with Crippen LogP contribution in [0, 0.1) is 19.7 Å². The number of rotatable bonds is 4. The topological polar surface area (TPSA) is 34.9 Å². The lowest BCUT2D eigenvalue weighted by atomic mass is 10.2. The van der Waals surface area contributed by atoms with Crippen molar-refractivity contribution in [1.82, 2.24) is 9.55 Å². The molecular formula is C18H19FN2OS2. The normalized spacial score (nSPS) is 12.7. The number of aromatic nitrogens is 2. The Kier molecular flexibility index (Phi) is 4.78. The third-order valence-corrected chi connectivity index (χ3v) is 6.44. The standard InChI is InChI=1S/C18H19FN2OS2/c1-5-21-17(22)15-10(2)11(3)23-16(15)20-18(21)24-12(4)13-6-8-14(19)9-7-13/h6-9,12H,5H2,1-4H3. The molecule has 0 bridgehead atoms. The van der Waals surface area contributed by atoms with Crippen LogP contribution < -0.4 is 5.56 Å². The SMILES string of the molecule is CCn1c(SC(C)c2ccc(F)cc2)nc2sc(C)c(C)c2c1=O. The maximum absolute atomic E-state index is 13.1. The fourth-order valence-corrected chi connectivity index (χ4v) is 4.81. The molecule has 1 aromatic carbocycles. The van der Waals surface area contributed by atoms with Gasteiger partial charge in [-0.3, -0.25) is 9.36 Å². The number of thiophene rings is 1. The molecule has 0 aliphatic rings. The van der Waals surface area contributed by atoms with Crippen LogP contribution in [0.2, 0.25) is 0 Å². The highest BCUT2D eigenvalue weighted by Crippen LogP contribution is 2.35. The molecule has 2 heterocycles. The fraction of sp³-hybridized carbons (Fsp3) is 0.333. The number of aryl methyl sites for hydroxylation is 2. The average Bonchev–Trinajstić information content (AvgIpc) is 2.83. The highest BCUT2D eigenvalue weighted by atomic mass is 32.2. The van der Waals surface area contributed by atoms with Crippen molar-refractivity contribution in [3.05, 3.63) is 56.4 Å². The van der Waals surface area contributed by atoms with E-state index in [1.54, 1.807) is 28.0 Å². The van der Waals surface area contributed by atoms with Crippen molar-refractivity contribution in [1.29, 1.82) is 0 Å². The van der Waals surface area contributed by atoms with Crippen molar-refractivity contribution < 1.29 is 4.39 Å². The Balaban J connectivity index is 2.05. The average molecular weight is 362 g/mol. The summed E-state index contributed by atoms with van der Waals surface area (Å²) in [5, 5.41) is 1.53. The van der Waals surface area contributed by atoms with Gasteiger partial charge in [0.05, 0.1) is 5.39 Å². The van der Waals surface area contributed by atoms with Gasteiger partial charge < -0.3 is 0 Å². The number of fused-ring (bicyclic) bond motifs is 1. The molecule has 0 saturated carbocycles. The zero-order valence-electron chi connectivity index (χ0n) is 14.1. The van der Waals surface area contributed by atoms with Gasteiger partial charge in [-0.15, -0.1) is 11.3 Å². The van der Waals surface area contributed by atoms with Crippen LogP contribution in [0.25, 0.3) is 10.2 Å². The maximum Gasteiger partial charge on any atom is 0.263 e. The van der Waals surface area contributed by atoms with Crippen LogP contribution in [0.15, 0.2) is 34.2 Å². The van der Waals surface area contributed by atoms with E-state index in [2.05, 4.69) is 0 Å². The van der Waals surface area contributed by atoms with E-state index in [0.29, 0.717) is 11.7 Å². The lowest BCUT2D eigenvalue weighted by molar-refractivity contribution is 0.626. The summed E-state index contributed by atoms with van der Waals surface area (Å²) in [5.74, 6) is -0.245. The lowest BCUT2D eigenvalue weighted by Gasteiger charge is -2.15. The van der Waals surface area contributed by atoms with E-state index >= 15 is 0 Å². The van der Waals surface area contributed by atoms with Crippen molar-refractivity contribution in [3.63, 3.8) is 0 Å². The minimum absolute atomic E-state index is 0.0261. The Hall–Kier alpha value is -1.66. The third-order valence-electron chi connectivity index (χ3n) is 4.19. The number of hydrogen-bond acceptors (Lipinski definition) is 4. The van der Waals surface area contributed by atoms with Crippen molar-refractivity contribution in [3.8, 4) is 0 Å². The summed E-state index contributed by atoms with van der Waals surface area (Å²) in [4.78, 5) is 19.5. The smallest absolute Gasteiger partial charge is 0.263 e. The molecule has 0 saturated heterocycles. The second-order valence-corrected chi connectivity index (χ2v) is 8.23. The van der Waals surface area contributed by atoms with Crippen molar-refractivity contribution in [2.45, 2.75) is 44.6 Å². The Morgan fingerprint density at radius 3 is 2.58 bits per heavy atom. The van der Waals surface area contributed by atoms with Crippen LogP contribution in [0.3, 0.4) is 0 Å². The molecule has 0 spiro atoms. The predicted molar refractivity (Wildman–Crippen MR) is 99.7 cm³/mol. The molecule has 3 nitrogen and oxygen atoms in total. The summed E-state index contributed by atoms with van der Waals surface area (Å²) in [6, 6.07) is 6.47. The van der Waals surface area contributed by atoms with E-state index in [9.17, 15) is 9.18 Å². The van der Waals surface area contributed by atoms with Gasteiger partial charge in [0.15, 0.2) is 5.16 Å². The van der Waals surface area contributed by atoms with Gasteiger partial charge in [0.25, 0.3) is 5.56 Å². The minimum atomic E-state index is -0.245. The van der Waals surface area contributed by atoms with Crippen LogP contribution in [0.5, 0.6) is 0 Å². The predicted octanol–water partition coefficient (Wildman–Crippen LogP) is 5.09. The summed E-state index contributed by atoms with van der Waals surface area (Å²) >= 11 is 3.10. The third kappa shape index (κ3) is 3.00. The Morgan fingerprint density at radius 1 is 1.29 bits per heavy atom. The molecule has 0 aliphatic heterocycles. The Labute approximate surface area is 148 Å². The van der Waals surface area contributed by atoms with Crippen LogP contribution in [-0.2, 0) is 6.54 Å². The first-order valence-corrected chi connectivity index (χ1v) is 9.54. The maximum atomic E-state index is 13.1. The van der Waals surface area contributed by atoms with E-state index in [1.165, 1.54) is 23.9 Å². The molecule has 3 aromatic rings. The molecule has 0 amide bonds. The van der Waals surface area contributed by atoms with E-state index in [-0.39, 0.29) is 16.6 Å². The highest BCUT2D eigenvalue weighted by molar-refractivity contribution is 7.99. The van der Waals surface area contributed by atoms with E-state index in [1.807, 2.05) is 27.7 Å². The number of hydrogen-bond donors (Lipinski definition) is 0. The van der Waals surface area contributed by atoms with Crippen molar-refractivity contribution in [2.24, 2.45) is 0 Å². The highest BCUT2D eigenvalue weighted by Gasteiger charge is 2.18. The molecule has 0 radical (unpaired) electrons. The summed E-state index contributed by atoms with van der Waals surface area (Å²) in [6.07, 6.45) is 0. The molecule has 0 fully saturated rings. The second kappa shape index (κ2) is 6.69. The molecule has 1 unspecified atom stereocenters. The molecule has 3 rings (SSSR count). The van der Waals surface area contributed by atoms with Gasteiger partial charge in [-0.1, -0.05) is 23.9 Å². The Morgan fingerprint density at radius 2 is 1.96 bits per heavy atom. The van der Waals surface area contributed by atoms with Crippen molar-refractivity contribution >= 4 is 33.3 Å². The molecule has 24 heavy (non-hydrogen) atoms. The molecule has 126 valence electrons. The van der Waals surface area contributed by atoms with Crippen LogP contribution in [-0.4, -0.2) is 9.55 Å². The van der Waals surface area contributed by atoms with E-state index in [0.717, 1.165) is 26.2 Å². The first kappa shape index (κ1) is 17.2. The van der Waals surface area contributed by atoms with Crippen LogP contribution in [0.1, 0.15) is 35.1 Å². The van der Waals surface area contributed by atoms with Gasteiger partial charge in [0.2, 0.25) is 0 Å².